The van der Waals surface area contributed by atoms with Gasteiger partial charge in [0.25, 0.3) is 0 Å². The van der Waals surface area contributed by atoms with Crippen LogP contribution in [0.5, 0.6) is 11.5 Å². The summed E-state index contributed by atoms with van der Waals surface area (Å²) in [7, 11) is 0. The maximum absolute atomic E-state index is 12.5. The normalized spacial score (nSPS) is 14.0. The number of Topliss-reactive ketones (excluding diaryl/α,β-unsaturated/α-hetero) is 1. The largest absolute Gasteiger partial charge is 0.452 e. The van der Waals surface area contributed by atoms with Gasteiger partial charge in [0, 0.05) is 23.6 Å². The van der Waals surface area contributed by atoms with E-state index in [1.54, 1.807) is 36.4 Å². The molecule has 1 aromatic heterocycles. The molecule has 1 aliphatic rings. The van der Waals surface area contributed by atoms with Gasteiger partial charge in [0.15, 0.2) is 10.9 Å². The lowest BCUT2D eigenvalue weighted by Gasteiger charge is -2.05. The Morgan fingerprint density at radius 3 is 2.72 bits per heavy atom. The molecule has 0 atom stereocenters. The highest BCUT2D eigenvalue weighted by molar-refractivity contribution is 6.32. The number of allylic oxidation sites excluding steroid dienone is 1. The van der Waals surface area contributed by atoms with E-state index in [4.69, 9.17) is 37.2 Å². The predicted octanol–water partition coefficient (Wildman–Crippen LogP) is 5.14. The highest BCUT2D eigenvalue weighted by Crippen LogP contribution is 2.35. The number of nitrogens with zero attached hydrogens (tertiary/aromatic N) is 1. The van der Waals surface area contributed by atoms with Crippen molar-refractivity contribution in [1.29, 1.82) is 0 Å². The molecule has 1 aliphatic heterocycles. The zero-order valence-electron chi connectivity index (χ0n) is 14.9. The number of fused-ring (bicyclic) bond motifs is 1. The molecule has 4 rings (SSSR count). The van der Waals surface area contributed by atoms with E-state index in [9.17, 15) is 9.59 Å². The van der Waals surface area contributed by atoms with Crippen molar-refractivity contribution < 1.29 is 23.6 Å². The SMILES string of the molecule is O=C(CCc1cc(Cl)no1)Oc1ccc2c(c1)O/C(=C\c1ccccc1Cl)C2=O. The number of esters is 1. The average molecular weight is 430 g/mol. The molecule has 29 heavy (non-hydrogen) atoms. The van der Waals surface area contributed by atoms with Crippen LogP contribution in [0.1, 0.15) is 28.1 Å². The van der Waals surface area contributed by atoms with Gasteiger partial charge in [-0.15, -0.1) is 0 Å². The number of carbonyl (C=O) groups excluding carboxylic acids is 2. The molecule has 0 radical (unpaired) electrons. The number of halogens is 2. The summed E-state index contributed by atoms with van der Waals surface area (Å²) >= 11 is 11.8. The van der Waals surface area contributed by atoms with Crippen LogP contribution in [0.2, 0.25) is 10.2 Å². The molecule has 0 amide bonds. The molecule has 0 saturated carbocycles. The summed E-state index contributed by atoms with van der Waals surface area (Å²) in [4.78, 5) is 24.6. The fourth-order valence-corrected chi connectivity index (χ4v) is 3.12. The van der Waals surface area contributed by atoms with Gasteiger partial charge in [-0.25, -0.2) is 0 Å². The number of carbonyl (C=O) groups is 2. The second-order valence-electron chi connectivity index (χ2n) is 6.21. The van der Waals surface area contributed by atoms with E-state index in [0.29, 0.717) is 34.1 Å². The van der Waals surface area contributed by atoms with Gasteiger partial charge in [-0.2, -0.15) is 0 Å². The maximum Gasteiger partial charge on any atom is 0.311 e. The summed E-state index contributed by atoms with van der Waals surface area (Å²) in [6, 6.07) is 13.3. The van der Waals surface area contributed by atoms with Crippen LogP contribution < -0.4 is 9.47 Å². The molecule has 0 N–H and O–H groups in total. The predicted molar refractivity (Wildman–Crippen MR) is 106 cm³/mol. The number of ketones is 1. The summed E-state index contributed by atoms with van der Waals surface area (Å²) < 4.78 is 15.9. The summed E-state index contributed by atoms with van der Waals surface area (Å²) in [5.74, 6) is 0.508. The Morgan fingerprint density at radius 2 is 1.97 bits per heavy atom. The van der Waals surface area contributed by atoms with Crippen LogP contribution in [0, 0.1) is 0 Å². The molecule has 3 aromatic rings. The molecule has 0 saturated heterocycles. The highest BCUT2D eigenvalue weighted by Gasteiger charge is 2.28. The monoisotopic (exact) mass is 429 g/mol. The van der Waals surface area contributed by atoms with Crippen LogP contribution in [0.4, 0.5) is 0 Å². The van der Waals surface area contributed by atoms with Crippen molar-refractivity contribution in [3.63, 3.8) is 0 Å². The Kier molecular flexibility index (Phi) is 5.38. The van der Waals surface area contributed by atoms with Crippen LogP contribution in [-0.2, 0) is 11.2 Å². The lowest BCUT2D eigenvalue weighted by Crippen LogP contribution is -2.08. The summed E-state index contributed by atoms with van der Waals surface area (Å²) in [5, 5.41) is 4.28. The van der Waals surface area contributed by atoms with Crippen LogP contribution in [0.15, 0.2) is 58.8 Å². The first-order chi connectivity index (χ1) is 14.0. The van der Waals surface area contributed by atoms with E-state index in [-0.39, 0.29) is 28.9 Å². The Labute approximate surface area is 175 Å². The minimum Gasteiger partial charge on any atom is -0.452 e. The van der Waals surface area contributed by atoms with E-state index >= 15 is 0 Å². The Balaban J connectivity index is 1.44. The lowest BCUT2D eigenvalue weighted by molar-refractivity contribution is -0.134. The van der Waals surface area contributed by atoms with E-state index in [0.717, 1.165) is 0 Å². The summed E-state index contributed by atoms with van der Waals surface area (Å²) in [5.41, 5.74) is 1.06. The van der Waals surface area contributed by atoms with Gasteiger partial charge < -0.3 is 14.0 Å². The Hall–Kier alpha value is -3.09. The third kappa shape index (κ3) is 4.34. The number of hydrogen-bond acceptors (Lipinski definition) is 6. The fourth-order valence-electron chi connectivity index (χ4n) is 2.78. The first kappa shape index (κ1) is 19.2. The van der Waals surface area contributed by atoms with Crippen molar-refractivity contribution in [3.8, 4) is 11.5 Å². The van der Waals surface area contributed by atoms with Gasteiger partial charge in [0.05, 0.1) is 12.0 Å². The number of rotatable bonds is 5. The smallest absolute Gasteiger partial charge is 0.311 e. The van der Waals surface area contributed by atoms with Gasteiger partial charge in [-0.1, -0.05) is 46.6 Å². The van der Waals surface area contributed by atoms with Crippen molar-refractivity contribution in [2.45, 2.75) is 12.8 Å². The van der Waals surface area contributed by atoms with Crippen molar-refractivity contribution in [3.05, 3.63) is 81.4 Å². The fraction of sp³-hybridized carbons (Fsp3) is 0.0952. The minimum atomic E-state index is -0.464. The van der Waals surface area contributed by atoms with E-state index in [2.05, 4.69) is 5.16 Å². The molecule has 2 heterocycles. The standard InChI is InChI=1S/C21H13Cl2NO5/c22-16-4-2-1-3-12(16)9-18-21(26)15-7-5-13(10-17(15)28-18)27-20(25)8-6-14-11-19(23)24-29-14/h1-5,7,9-11H,6,8H2/b18-9-. The van der Waals surface area contributed by atoms with Crippen LogP contribution in [0.3, 0.4) is 0 Å². The van der Waals surface area contributed by atoms with E-state index in [1.165, 1.54) is 12.1 Å². The maximum atomic E-state index is 12.5. The van der Waals surface area contributed by atoms with Crippen LogP contribution in [-0.4, -0.2) is 16.9 Å². The molecular formula is C21H13Cl2NO5. The Bertz CT molecular complexity index is 1140. The molecule has 6 nitrogen and oxygen atoms in total. The third-order valence-electron chi connectivity index (χ3n) is 4.17. The number of aryl methyl sites for hydroxylation is 1. The zero-order chi connectivity index (χ0) is 20.4. The van der Waals surface area contributed by atoms with Crippen molar-refractivity contribution in [2.75, 3.05) is 0 Å². The Morgan fingerprint density at radius 1 is 1.14 bits per heavy atom. The van der Waals surface area contributed by atoms with Crippen molar-refractivity contribution in [1.82, 2.24) is 5.16 Å². The molecule has 0 unspecified atom stereocenters. The quantitative estimate of drug-likeness (QED) is 0.317. The minimum absolute atomic E-state index is 0.0834. The number of ether oxygens (including phenoxy) is 2. The topological polar surface area (TPSA) is 78.6 Å². The first-order valence-corrected chi connectivity index (χ1v) is 9.40. The second kappa shape index (κ2) is 8.11. The van der Waals surface area contributed by atoms with Crippen molar-refractivity contribution >= 4 is 41.0 Å². The number of hydrogen-bond donors (Lipinski definition) is 0. The van der Waals surface area contributed by atoms with Crippen molar-refractivity contribution in [2.24, 2.45) is 0 Å². The number of benzene rings is 2. The molecule has 146 valence electrons. The van der Waals surface area contributed by atoms with Crippen LogP contribution in [0.25, 0.3) is 6.08 Å². The van der Waals surface area contributed by atoms with E-state index < -0.39 is 5.97 Å². The lowest BCUT2D eigenvalue weighted by atomic mass is 10.1. The summed E-state index contributed by atoms with van der Waals surface area (Å²) in [6.45, 7) is 0. The van der Waals surface area contributed by atoms with E-state index in [1.807, 2.05) is 6.07 Å². The molecule has 0 spiro atoms. The molecule has 8 heteroatoms. The van der Waals surface area contributed by atoms with Gasteiger partial charge in [0.1, 0.15) is 17.3 Å². The third-order valence-corrected chi connectivity index (χ3v) is 4.69. The number of aromatic nitrogens is 1. The molecular weight excluding hydrogens is 417 g/mol. The van der Waals surface area contributed by atoms with Gasteiger partial charge in [-0.3, -0.25) is 9.59 Å². The molecule has 2 aromatic carbocycles. The van der Waals surface area contributed by atoms with Crippen LogP contribution >= 0.6 is 23.2 Å². The molecule has 0 bridgehead atoms. The molecule has 0 aliphatic carbocycles. The van der Waals surface area contributed by atoms with Gasteiger partial charge in [-0.05, 0) is 29.8 Å². The first-order valence-electron chi connectivity index (χ1n) is 8.64. The molecule has 0 fully saturated rings. The second-order valence-corrected chi connectivity index (χ2v) is 7.00. The summed E-state index contributed by atoms with van der Waals surface area (Å²) in [6.07, 6.45) is 1.97. The highest BCUT2D eigenvalue weighted by atomic mass is 35.5. The zero-order valence-corrected chi connectivity index (χ0v) is 16.4. The van der Waals surface area contributed by atoms with Gasteiger partial charge >= 0.3 is 5.97 Å². The van der Waals surface area contributed by atoms with Gasteiger partial charge in [0.2, 0.25) is 5.78 Å². The average Bonchev–Trinajstić information content (AvgIpc) is 3.25.